The third-order valence-electron chi connectivity index (χ3n) is 4.58. The van der Waals surface area contributed by atoms with Crippen LogP contribution >= 0.6 is 12.6 Å². The van der Waals surface area contributed by atoms with Crippen LogP contribution < -0.4 is 10.1 Å². The van der Waals surface area contributed by atoms with Crippen LogP contribution in [0.2, 0.25) is 0 Å². The molecule has 0 aliphatic heterocycles. The predicted molar refractivity (Wildman–Crippen MR) is 112 cm³/mol. The highest BCUT2D eigenvalue weighted by Gasteiger charge is 2.24. The summed E-state index contributed by atoms with van der Waals surface area (Å²) in [6, 6.07) is 8.04. The molecule has 2 aromatic heterocycles. The second kappa shape index (κ2) is 7.52. The maximum absolute atomic E-state index is 12.1. The first-order chi connectivity index (χ1) is 13.5. The van der Waals surface area contributed by atoms with Gasteiger partial charge in [-0.05, 0) is 42.2 Å². The lowest BCUT2D eigenvalue weighted by molar-refractivity contribution is -0.116. The lowest BCUT2D eigenvalue weighted by Crippen LogP contribution is -2.25. The fraction of sp³-hybridized carbons (Fsp3) is 0.190. The van der Waals surface area contributed by atoms with Crippen LogP contribution in [-0.2, 0) is 4.79 Å². The van der Waals surface area contributed by atoms with E-state index in [1.54, 1.807) is 30.1 Å². The molecule has 1 N–H and O–H groups in total. The third kappa shape index (κ3) is 3.80. The van der Waals surface area contributed by atoms with Gasteiger partial charge < -0.3 is 10.1 Å². The van der Waals surface area contributed by atoms with Crippen LogP contribution in [0.5, 0.6) is 5.75 Å². The standard InChI is InChI=1S/C21H20N4O2S/c1-13(9-19(28)21(26)24-16-5-6-16)18-11-23-25-12-15(10-22-20(18)25)14-3-7-17(27-2)8-4-14/h3-4,7-12,16,28H,1,5-6H2,2H3,(H,24,26). The number of fused-ring (bicyclic) bond motifs is 1. The maximum Gasteiger partial charge on any atom is 0.257 e. The smallest absolute Gasteiger partial charge is 0.257 e. The highest BCUT2D eigenvalue weighted by Crippen LogP contribution is 2.25. The largest absolute Gasteiger partial charge is 0.497 e. The van der Waals surface area contributed by atoms with Gasteiger partial charge in [0.05, 0.1) is 18.2 Å². The number of allylic oxidation sites excluding steroid dienone is 2. The van der Waals surface area contributed by atoms with Crippen LogP contribution in [0.15, 0.2) is 60.4 Å². The number of nitrogens with one attached hydrogen (secondary N) is 1. The second-order valence-corrected chi connectivity index (χ2v) is 7.18. The van der Waals surface area contributed by atoms with Crippen molar-refractivity contribution >= 4 is 29.8 Å². The van der Waals surface area contributed by atoms with Crippen molar-refractivity contribution in [3.63, 3.8) is 0 Å². The molecule has 142 valence electrons. The number of amides is 1. The van der Waals surface area contributed by atoms with Gasteiger partial charge in [-0.25, -0.2) is 9.50 Å². The first kappa shape index (κ1) is 18.3. The maximum atomic E-state index is 12.1. The number of methoxy groups -OCH3 is 1. The number of nitrogens with zero attached hydrogens (tertiary/aromatic N) is 3. The van der Waals surface area contributed by atoms with Gasteiger partial charge in [-0.1, -0.05) is 18.7 Å². The average Bonchev–Trinajstić information content (AvgIpc) is 3.42. The number of hydrogen-bond acceptors (Lipinski definition) is 5. The van der Waals surface area contributed by atoms with Crippen LogP contribution in [0.1, 0.15) is 18.4 Å². The summed E-state index contributed by atoms with van der Waals surface area (Å²) in [4.78, 5) is 16.9. The SMILES string of the molecule is C=C(C=C(S)C(=O)NC1CC1)c1cnn2cc(-c3ccc(OC)cc3)cnc12. The van der Waals surface area contributed by atoms with Crippen molar-refractivity contribution in [2.45, 2.75) is 18.9 Å². The number of carbonyl (C=O) groups is 1. The highest BCUT2D eigenvalue weighted by atomic mass is 32.1. The summed E-state index contributed by atoms with van der Waals surface area (Å²) in [7, 11) is 1.64. The Balaban J connectivity index is 1.58. The Morgan fingerprint density at radius 3 is 2.71 bits per heavy atom. The van der Waals surface area contributed by atoms with E-state index in [-0.39, 0.29) is 11.9 Å². The summed E-state index contributed by atoms with van der Waals surface area (Å²) in [5.41, 5.74) is 4.01. The van der Waals surface area contributed by atoms with E-state index in [1.165, 1.54) is 0 Å². The zero-order valence-electron chi connectivity index (χ0n) is 15.4. The van der Waals surface area contributed by atoms with Gasteiger partial charge in [-0.2, -0.15) is 5.10 Å². The van der Waals surface area contributed by atoms with Crippen molar-refractivity contribution in [2.75, 3.05) is 7.11 Å². The molecule has 1 fully saturated rings. The molecule has 2 heterocycles. The average molecular weight is 392 g/mol. The minimum absolute atomic E-state index is 0.182. The van der Waals surface area contributed by atoms with Crippen LogP contribution in [0.3, 0.4) is 0 Å². The number of carbonyl (C=O) groups excluding carboxylic acids is 1. The van der Waals surface area contributed by atoms with Crippen LogP contribution in [-0.4, -0.2) is 33.7 Å². The van der Waals surface area contributed by atoms with E-state index in [4.69, 9.17) is 4.74 Å². The Labute approximate surface area is 168 Å². The van der Waals surface area contributed by atoms with Crippen molar-refractivity contribution in [1.82, 2.24) is 19.9 Å². The quantitative estimate of drug-likeness (QED) is 0.383. The molecule has 1 amide bonds. The van der Waals surface area contributed by atoms with E-state index < -0.39 is 0 Å². The van der Waals surface area contributed by atoms with Crippen LogP contribution in [0, 0.1) is 0 Å². The molecular formula is C21H20N4O2S. The molecule has 1 aliphatic carbocycles. The molecule has 0 bridgehead atoms. The van der Waals surface area contributed by atoms with Gasteiger partial charge in [0, 0.05) is 29.6 Å². The molecule has 0 unspecified atom stereocenters. The predicted octanol–water partition coefficient (Wildman–Crippen LogP) is 3.51. The number of rotatable bonds is 6. The van der Waals surface area contributed by atoms with Crippen molar-refractivity contribution in [2.24, 2.45) is 0 Å². The molecule has 6 nitrogen and oxygen atoms in total. The lowest BCUT2D eigenvalue weighted by Gasteiger charge is -2.05. The van der Waals surface area contributed by atoms with Gasteiger partial charge in [0.25, 0.3) is 5.91 Å². The zero-order chi connectivity index (χ0) is 19.7. The van der Waals surface area contributed by atoms with Crippen LogP contribution in [0.4, 0.5) is 0 Å². The van der Waals surface area contributed by atoms with Gasteiger partial charge >= 0.3 is 0 Å². The molecule has 1 aromatic carbocycles. The van der Waals surface area contributed by atoms with Gasteiger partial charge in [0.15, 0.2) is 5.65 Å². The van der Waals surface area contributed by atoms with Crippen molar-refractivity contribution in [3.8, 4) is 16.9 Å². The number of aromatic nitrogens is 3. The topological polar surface area (TPSA) is 68.5 Å². The third-order valence-corrected chi connectivity index (χ3v) is 4.91. The molecule has 0 saturated heterocycles. The molecule has 0 atom stereocenters. The Morgan fingerprint density at radius 2 is 2.04 bits per heavy atom. The van der Waals surface area contributed by atoms with E-state index in [0.29, 0.717) is 16.1 Å². The molecule has 3 aromatic rings. The zero-order valence-corrected chi connectivity index (χ0v) is 16.3. The molecule has 1 aliphatic rings. The molecule has 4 rings (SSSR count). The van der Waals surface area contributed by atoms with E-state index in [1.807, 2.05) is 30.5 Å². The Kier molecular flexibility index (Phi) is 4.92. The Morgan fingerprint density at radius 1 is 1.29 bits per heavy atom. The molecule has 1 saturated carbocycles. The summed E-state index contributed by atoms with van der Waals surface area (Å²) in [5, 5.41) is 7.29. The van der Waals surface area contributed by atoms with E-state index in [9.17, 15) is 4.79 Å². The van der Waals surface area contributed by atoms with Crippen LogP contribution in [0.25, 0.3) is 22.3 Å². The highest BCUT2D eigenvalue weighted by molar-refractivity contribution is 7.85. The normalized spacial score (nSPS) is 14.1. The molecular weight excluding hydrogens is 372 g/mol. The summed E-state index contributed by atoms with van der Waals surface area (Å²) >= 11 is 4.30. The van der Waals surface area contributed by atoms with Crippen molar-refractivity contribution in [3.05, 3.63) is 66.0 Å². The molecule has 0 spiro atoms. The number of thiol groups is 1. The Bertz CT molecular complexity index is 1080. The number of benzene rings is 1. The summed E-state index contributed by atoms with van der Waals surface area (Å²) in [5.74, 6) is 0.619. The van der Waals surface area contributed by atoms with E-state index in [2.05, 4.69) is 34.6 Å². The minimum Gasteiger partial charge on any atom is -0.497 e. The Hall–Kier alpha value is -3.06. The first-order valence-corrected chi connectivity index (χ1v) is 9.38. The second-order valence-electron chi connectivity index (χ2n) is 6.70. The summed E-state index contributed by atoms with van der Waals surface area (Å²) in [6.45, 7) is 4.05. The molecule has 7 heteroatoms. The first-order valence-electron chi connectivity index (χ1n) is 8.94. The number of ether oxygens (including phenoxy) is 1. The summed E-state index contributed by atoms with van der Waals surface area (Å²) in [6.07, 6.45) is 9.10. The molecule has 28 heavy (non-hydrogen) atoms. The van der Waals surface area contributed by atoms with Gasteiger partial charge in [-0.3, -0.25) is 4.79 Å². The van der Waals surface area contributed by atoms with Crippen molar-refractivity contribution < 1.29 is 9.53 Å². The van der Waals surface area contributed by atoms with Gasteiger partial charge in [0.2, 0.25) is 0 Å². The monoisotopic (exact) mass is 392 g/mol. The van der Waals surface area contributed by atoms with Gasteiger partial charge in [0.1, 0.15) is 5.75 Å². The summed E-state index contributed by atoms with van der Waals surface area (Å²) < 4.78 is 6.90. The number of hydrogen-bond donors (Lipinski definition) is 2. The minimum atomic E-state index is -0.182. The lowest BCUT2D eigenvalue weighted by atomic mass is 10.1. The molecule has 0 radical (unpaired) electrons. The fourth-order valence-corrected chi connectivity index (χ4v) is 3.05. The van der Waals surface area contributed by atoms with Crippen molar-refractivity contribution in [1.29, 1.82) is 0 Å². The fourth-order valence-electron chi connectivity index (χ4n) is 2.83. The van der Waals surface area contributed by atoms with E-state index >= 15 is 0 Å². The van der Waals surface area contributed by atoms with Gasteiger partial charge in [-0.15, -0.1) is 12.6 Å². The van der Waals surface area contributed by atoms with E-state index in [0.717, 1.165) is 35.3 Å².